The molecule has 4 heteroatoms. The second-order valence-electron chi connectivity index (χ2n) is 6.09. The lowest BCUT2D eigenvalue weighted by atomic mass is 9.95. The maximum absolute atomic E-state index is 11.1. The molecule has 106 valence electrons. The lowest BCUT2D eigenvalue weighted by molar-refractivity contribution is -0.139. The standard InChI is InChI=1S/C14H28N2O2/c1-10(2)12-5-7-16(9-12)8-6-13(14(17)18)15-11(3)4/h10-13,15H,5-9H2,1-4H3,(H,17,18). The van der Waals surface area contributed by atoms with Crippen molar-refractivity contribution < 1.29 is 9.90 Å². The van der Waals surface area contributed by atoms with Gasteiger partial charge in [-0.25, -0.2) is 0 Å². The number of carbonyl (C=O) groups is 1. The van der Waals surface area contributed by atoms with Crippen molar-refractivity contribution in [1.29, 1.82) is 0 Å². The fourth-order valence-electron chi connectivity index (χ4n) is 2.60. The molecule has 0 aliphatic carbocycles. The third kappa shape index (κ3) is 4.94. The van der Waals surface area contributed by atoms with Crippen LogP contribution < -0.4 is 5.32 Å². The Labute approximate surface area is 111 Å². The summed E-state index contributed by atoms with van der Waals surface area (Å²) in [5.74, 6) is 0.786. The Hall–Kier alpha value is -0.610. The Balaban J connectivity index is 2.33. The molecule has 18 heavy (non-hydrogen) atoms. The van der Waals surface area contributed by atoms with Gasteiger partial charge < -0.3 is 15.3 Å². The van der Waals surface area contributed by atoms with Crippen LogP contribution in [0.3, 0.4) is 0 Å². The van der Waals surface area contributed by atoms with Gasteiger partial charge in [-0.15, -0.1) is 0 Å². The van der Waals surface area contributed by atoms with E-state index in [2.05, 4.69) is 24.1 Å². The highest BCUT2D eigenvalue weighted by Gasteiger charge is 2.26. The first-order valence-corrected chi connectivity index (χ1v) is 7.11. The van der Waals surface area contributed by atoms with Crippen LogP contribution in [-0.2, 0) is 4.79 Å². The van der Waals surface area contributed by atoms with Gasteiger partial charge in [0, 0.05) is 19.1 Å². The summed E-state index contributed by atoms with van der Waals surface area (Å²) in [5, 5.41) is 12.3. The van der Waals surface area contributed by atoms with Crippen LogP contribution >= 0.6 is 0 Å². The predicted octanol–water partition coefficient (Wildman–Crippen LogP) is 1.81. The summed E-state index contributed by atoms with van der Waals surface area (Å²) in [4.78, 5) is 13.5. The fourth-order valence-corrected chi connectivity index (χ4v) is 2.60. The summed E-state index contributed by atoms with van der Waals surface area (Å²) in [5.41, 5.74) is 0. The summed E-state index contributed by atoms with van der Waals surface area (Å²) >= 11 is 0. The van der Waals surface area contributed by atoms with E-state index in [-0.39, 0.29) is 6.04 Å². The molecular formula is C14H28N2O2. The number of nitrogens with zero attached hydrogens (tertiary/aromatic N) is 1. The Morgan fingerprint density at radius 2 is 2.06 bits per heavy atom. The number of rotatable bonds is 7. The average Bonchev–Trinajstić information content (AvgIpc) is 2.72. The molecule has 4 nitrogen and oxygen atoms in total. The van der Waals surface area contributed by atoms with Gasteiger partial charge in [-0.2, -0.15) is 0 Å². The number of likely N-dealkylation sites (tertiary alicyclic amines) is 1. The molecule has 0 spiro atoms. The van der Waals surface area contributed by atoms with Gasteiger partial charge in [0.05, 0.1) is 0 Å². The summed E-state index contributed by atoms with van der Waals surface area (Å²) in [6.45, 7) is 11.7. The second kappa shape index (κ2) is 7.10. The van der Waals surface area contributed by atoms with Gasteiger partial charge in [-0.1, -0.05) is 27.7 Å². The van der Waals surface area contributed by atoms with E-state index >= 15 is 0 Å². The molecule has 2 N–H and O–H groups in total. The molecule has 0 aromatic rings. The smallest absolute Gasteiger partial charge is 0.320 e. The van der Waals surface area contributed by atoms with Crippen molar-refractivity contribution in [2.75, 3.05) is 19.6 Å². The average molecular weight is 256 g/mol. The molecule has 2 unspecified atom stereocenters. The first-order valence-electron chi connectivity index (χ1n) is 7.11. The number of carboxylic acid groups (broad SMARTS) is 1. The van der Waals surface area contributed by atoms with E-state index in [4.69, 9.17) is 5.11 Å². The topological polar surface area (TPSA) is 52.6 Å². The molecule has 1 saturated heterocycles. The van der Waals surface area contributed by atoms with E-state index in [1.165, 1.54) is 6.42 Å². The molecule has 1 heterocycles. The third-order valence-electron chi connectivity index (χ3n) is 3.82. The van der Waals surface area contributed by atoms with Crippen LogP contribution in [0.15, 0.2) is 0 Å². The predicted molar refractivity (Wildman–Crippen MR) is 73.7 cm³/mol. The van der Waals surface area contributed by atoms with E-state index in [0.29, 0.717) is 6.42 Å². The van der Waals surface area contributed by atoms with Crippen molar-refractivity contribution in [1.82, 2.24) is 10.2 Å². The molecule has 0 saturated carbocycles. The van der Waals surface area contributed by atoms with Crippen molar-refractivity contribution in [2.45, 2.75) is 52.6 Å². The zero-order valence-corrected chi connectivity index (χ0v) is 12.1. The number of hydrogen-bond acceptors (Lipinski definition) is 3. The molecule has 0 radical (unpaired) electrons. The lowest BCUT2D eigenvalue weighted by Crippen LogP contribution is -2.43. The first kappa shape index (κ1) is 15.4. The number of aliphatic carboxylic acids is 1. The highest BCUT2D eigenvalue weighted by Crippen LogP contribution is 2.23. The van der Waals surface area contributed by atoms with Crippen LogP contribution in [-0.4, -0.2) is 47.7 Å². The fraction of sp³-hybridized carbons (Fsp3) is 0.929. The first-order chi connectivity index (χ1) is 8.40. The molecular weight excluding hydrogens is 228 g/mol. The van der Waals surface area contributed by atoms with Gasteiger partial charge in [0.25, 0.3) is 0 Å². The van der Waals surface area contributed by atoms with E-state index in [1.807, 2.05) is 13.8 Å². The van der Waals surface area contributed by atoms with E-state index in [1.54, 1.807) is 0 Å². The minimum Gasteiger partial charge on any atom is -0.480 e. The normalized spacial score (nSPS) is 22.9. The van der Waals surface area contributed by atoms with Crippen molar-refractivity contribution >= 4 is 5.97 Å². The number of nitrogens with one attached hydrogen (secondary N) is 1. The van der Waals surface area contributed by atoms with Crippen molar-refractivity contribution in [3.05, 3.63) is 0 Å². The molecule has 0 bridgehead atoms. The third-order valence-corrected chi connectivity index (χ3v) is 3.82. The van der Waals surface area contributed by atoms with Gasteiger partial charge in [0.2, 0.25) is 0 Å². The number of hydrogen-bond donors (Lipinski definition) is 2. The highest BCUT2D eigenvalue weighted by atomic mass is 16.4. The molecule has 1 rings (SSSR count). The zero-order valence-electron chi connectivity index (χ0n) is 12.1. The molecule has 0 aromatic heterocycles. The molecule has 1 aliphatic rings. The van der Waals surface area contributed by atoms with Crippen LogP contribution in [0.1, 0.15) is 40.5 Å². The van der Waals surface area contributed by atoms with Crippen LogP contribution in [0.2, 0.25) is 0 Å². The minimum atomic E-state index is -0.733. The molecule has 2 atom stereocenters. The van der Waals surface area contributed by atoms with Crippen LogP contribution in [0.4, 0.5) is 0 Å². The van der Waals surface area contributed by atoms with Gasteiger partial charge in [-0.05, 0) is 31.2 Å². The Kier molecular flexibility index (Phi) is 6.09. The Morgan fingerprint density at radius 3 is 2.50 bits per heavy atom. The second-order valence-corrected chi connectivity index (χ2v) is 6.09. The quantitative estimate of drug-likeness (QED) is 0.729. The molecule has 0 amide bonds. The van der Waals surface area contributed by atoms with Gasteiger partial charge in [0.15, 0.2) is 0 Å². The molecule has 0 aromatic carbocycles. The summed E-state index contributed by atoms with van der Waals surface area (Å²) in [6.07, 6.45) is 1.95. The van der Waals surface area contributed by atoms with E-state index < -0.39 is 12.0 Å². The maximum atomic E-state index is 11.1. The van der Waals surface area contributed by atoms with Crippen LogP contribution in [0, 0.1) is 11.8 Å². The van der Waals surface area contributed by atoms with Crippen LogP contribution in [0.25, 0.3) is 0 Å². The number of carboxylic acids is 1. The largest absolute Gasteiger partial charge is 0.480 e. The van der Waals surface area contributed by atoms with E-state index in [0.717, 1.165) is 31.5 Å². The summed E-state index contributed by atoms with van der Waals surface area (Å²) < 4.78 is 0. The highest BCUT2D eigenvalue weighted by molar-refractivity contribution is 5.73. The van der Waals surface area contributed by atoms with E-state index in [9.17, 15) is 4.79 Å². The van der Waals surface area contributed by atoms with Gasteiger partial charge in [-0.3, -0.25) is 4.79 Å². The summed E-state index contributed by atoms with van der Waals surface area (Å²) in [7, 11) is 0. The van der Waals surface area contributed by atoms with Gasteiger partial charge in [0.1, 0.15) is 6.04 Å². The summed E-state index contributed by atoms with van der Waals surface area (Å²) in [6, 6.07) is -0.198. The lowest BCUT2D eigenvalue weighted by Gasteiger charge is -2.22. The van der Waals surface area contributed by atoms with Crippen molar-refractivity contribution in [2.24, 2.45) is 11.8 Å². The minimum absolute atomic E-state index is 0.216. The molecule has 1 fully saturated rings. The Morgan fingerprint density at radius 1 is 1.39 bits per heavy atom. The molecule has 1 aliphatic heterocycles. The van der Waals surface area contributed by atoms with Crippen molar-refractivity contribution in [3.8, 4) is 0 Å². The maximum Gasteiger partial charge on any atom is 0.320 e. The van der Waals surface area contributed by atoms with Crippen LogP contribution in [0.5, 0.6) is 0 Å². The SMILES string of the molecule is CC(C)NC(CCN1CCC(C(C)C)C1)C(=O)O. The van der Waals surface area contributed by atoms with Gasteiger partial charge >= 0.3 is 5.97 Å². The Bertz CT molecular complexity index is 267. The monoisotopic (exact) mass is 256 g/mol. The zero-order chi connectivity index (χ0) is 13.7. The van der Waals surface area contributed by atoms with Crippen molar-refractivity contribution in [3.63, 3.8) is 0 Å².